The van der Waals surface area contributed by atoms with E-state index in [9.17, 15) is 9.59 Å². The zero-order valence-corrected chi connectivity index (χ0v) is 14.0. The van der Waals surface area contributed by atoms with E-state index < -0.39 is 5.60 Å². The largest absolute Gasteiger partial charge is 0.458 e. The third-order valence-electron chi connectivity index (χ3n) is 4.97. The standard InChI is InChI=1S/C16H24N4O4/c1-23-9-8-20-11-18-19-13(20)4-7-17-15(22)12-10-14(21)24-16(12)5-2-3-6-16/h11-12H,2-10H2,1H3,(H,17,22)/t12-/m0/s1. The number of methoxy groups -OCH3 is 1. The van der Waals surface area contributed by atoms with Crippen molar-refractivity contribution in [3.05, 3.63) is 12.2 Å². The van der Waals surface area contributed by atoms with Crippen molar-refractivity contribution in [3.8, 4) is 0 Å². The topological polar surface area (TPSA) is 95.3 Å². The molecule has 1 aromatic heterocycles. The molecule has 1 N–H and O–H groups in total. The molecular formula is C16H24N4O4. The number of nitrogens with zero attached hydrogens (tertiary/aromatic N) is 3. The summed E-state index contributed by atoms with van der Waals surface area (Å²) in [5.41, 5.74) is -0.556. The first-order valence-corrected chi connectivity index (χ1v) is 8.50. The molecule has 2 heterocycles. The quantitative estimate of drug-likeness (QED) is 0.727. The Balaban J connectivity index is 1.52. The molecular weight excluding hydrogens is 312 g/mol. The third kappa shape index (κ3) is 3.43. The Kier molecular flexibility index (Phi) is 5.13. The van der Waals surface area contributed by atoms with Gasteiger partial charge in [0.15, 0.2) is 0 Å². The van der Waals surface area contributed by atoms with E-state index >= 15 is 0 Å². The minimum Gasteiger partial charge on any atom is -0.458 e. The van der Waals surface area contributed by atoms with Gasteiger partial charge in [0.1, 0.15) is 17.8 Å². The average Bonchev–Trinajstić information content (AvgIpc) is 3.27. The number of hydrogen-bond donors (Lipinski definition) is 1. The molecule has 1 saturated carbocycles. The van der Waals surface area contributed by atoms with E-state index in [-0.39, 0.29) is 24.2 Å². The summed E-state index contributed by atoms with van der Waals surface area (Å²) < 4.78 is 12.5. The van der Waals surface area contributed by atoms with Gasteiger partial charge in [-0.1, -0.05) is 0 Å². The van der Waals surface area contributed by atoms with Crippen molar-refractivity contribution in [1.29, 1.82) is 0 Å². The molecule has 1 saturated heterocycles. The molecule has 24 heavy (non-hydrogen) atoms. The smallest absolute Gasteiger partial charge is 0.307 e. The fourth-order valence-electron chi connectivity index (χ4n) is 3.72. The lowest BCUT2D eigenvalue weighted by Crippen LogP contribution is -2.43. The van der Waals surface area contributed by atoms with Crippen LogP contribution in [-0.4, -0.2) is 52.5 Å². The van der Waals surface area contributed by atoms with Crippen LogP contribution in [-0.2, 0) is 32.0 Å². The van der Waals surface area contributed by atoms with E-state index in [1.54, 1.807) is 13.4 Å². The molecule has 1 spiro atoms. The van der Waals surface area contributed by atoms with Crippen LogP contribution in [0.3, 0.4) is 0 Å². The van der Waals surface area contributed by atoms with Crippen LogP contribution in [0.5, 0.6) is 0 Å². The number of amides is 1. The van der Waals surface area contributed by atoms with E-state index in [2.05, 4.69) is 15.5 Å². The lowest BCUT2D eigenvalue weighted by molar-refractivity contribution is -0.149. The Bertz CT molecular complexity index is 595. The SMILES string of the molecule is COCCn1cnnc1CCNC(=O)[C@@H]1CC(=O)OC12CCCC2. The minimum atomic E-state index is -0.556. The summed E-state index contributed by atoms with van der Waals surface area (Å²) in [5, 5.41) is 10.9. The van der Waals surface area contributed by atoms with Gasteiger partial charge in [-0.25, -0.2) is 0 Å². The first kappa shape index (κ1) is 16.9. The van der Waals surface area contributed by atoms with Crippen molar-refractivity contribution < 1.29 is 19.1 Å². The van der Waals surface area contributed by atoms with E-state index in [1.165, 1.54) is 0 Å². The van der Waals surface area contributed by atoms with Crippen LogP contribution in [0.2, 0.25) is 0 Å². The second-order valence-corrected chi connectivity index (χ2v) is 6.48. The highest BCUT2D eigenvalue weighted by Gasteiger charge is 2.53. The summed E-state index contributed by atoms with van der Waals surface area (Å²) in [5.74, 6) is 0.0996. The Hall–Kier alpha value is -1.96. The zero-order chi connectivity index (χ0) is 17.0. The summed E-state index contributed by atoms with van der Waals surface area (Å²) in [7, 11) is 1.65. The van der Waals surface area contributed by atoms with Gasteiger partial charge in [0.25, 0.3) is 0 Å². The van der Waals surface area contributed by atoms with Crippen LogP contribution in [0.25, 0.3) is 0 Å². The lowest BCUT2D eigenvalue weighted by Gasteiger charge is -2.27. The Labute approximate surface area is 140 Å². The first-order chi connectivity index (χ1) is 11.6. The molecule has 8 heteroatoms. The number of nitrogens with one attached hydrogen (secondary N) is 1. The molecule has 1 aromatic rings. The number of esters is 1. The molecule has 2 aliphatic rings. The van der Waals surface area contributed by atoms with Gasteiger partial charge in [-0.2, -0.15) is 0 Å². The Morgan fingerprint density at radius 1 is 1.50 bits per heavy atom. The number of rotatable bonds is 7. The maximum Gasteiger partial charge on any atom is 0.307 e. The van der Waals surface area contributed by atoms with Crippen LogP contribution >= 0.6 is 0 Å². The van der Waals surface area contributed by atoms with Crippen molar-refractivity contribution in [2.75, 3.05) is 20.3 Å². The molecule has 1 amide bonds. The van der Waals surface area contributed by atoms with Crippen molar-refractivity contribution in [1.82, 2.24) is 20.1 Å². The van der Waals surface area contributed by atoms with Crippen molar-refractivity contribution in [2.24, 2.45) is 5.92 Å². The minimum absolute atomic E-state index is 0.0919. The van der Waals surface area contributed by atoms with Crippen molar-refractivity contribution >= 4 is 11.9 Å². The van der Waals surface area contributed by atoms with Crippen LogP contribution < -0.4 is 5.32 Å². The molecule has 0 radical (unpaired) electrons. The van der Waals surface area contributed by atoms with Crippen molar-refractivity contribution in [2.45, 2.75) is 50.7 Å². The predicted octanol–water partition coefficient (Wildman–Crippen LogP) is 0.459. The number of ether oxygens (including phenoxy) is 2. The first-order valence-electron chi connectivity index (χ1n) is 8.50. The van der Waals surface area contributed by atoms with Crippen LogP contribution in [0.15, 0.2) is 6.33 Å². The second-order valence-electron chi connectivity index (χ2n) is 6.48. The van der Waals surface area contributed by atoms with Gasteiger partial charge in [-0.15, -0.1) is 10.2 Å². The molecule has 1 aliphatic heterocycles. The number of carbonyl (C=O) groups is 2. The fraction of sp³-hybridized carbons (Fsp3) is 0.750. The number of aromatic nitrogens is 3. The highest BCUT2D eigenvalue weighted by molar-refractivity contribution is 5.87. The second kappa shape index (κ2) is 7.29. The average molecular weight is 336 g/mol. The van der Waals surface area contributed by atoms with E-state index in [0.717, 1.165) is 31.5 Å². The highest BCUT2D eigenvalue weighted by Crippen LogP contribution is 2.45. The molecule has 2 fully saturated rings. The highest BCUT2D eigenvalue weighted by atomic mass is 16.6. The van der Waals surface area contributed by atoms with E-state index in [0.29, 0.717) is 26.1 Å². The fourth-order valence-corrected chi connectivity index (χ4v) is 3.72. The third-order valence-corrected chi connectivity index (χ3v) is 4.97. The maximum atomic E-state index is 12.5. The van der Waals surface area contributed by atoms with Crippen LogP contribution in [0.1, 0.15) is 37.9 Å². The molecule has 0 aromatic carbocycles. The zero-order valence-electron chi connectivity index (χ0n) is 14.0. The molecule has 0 bridgehead atoms. The molecule has 0 unspecified atom stereocenters. The Morgan fingerprint density at radius 2 is 2.29 bits per heavy atom. The van der Waals surface area contributed by atoms with Gasteiger partial charge >= 0.3 is 5.97 Å². The van der Waals surface area contributed by atoms with Crippen LogP contribution in [0, 0.1) is 5.92 Å². The number of hydrogen-bond acceptors (Lipinski definition) is 6. The molecule has 8 nitrogen and oxygen atoms in total. The maximum absolute atomic E-state index is 12.5. The summed E-state index contributed by atoms with van der Waals surface area (Å²) in [6.07, 6.45) is 6.05. The normalized spacial score (nSPS) is 22.0. The molecule has 3 rings (SSSR count). The summed E-state index contributed by atoms with van der Waals surface area (Å²) in [4.78, 5) is 24.2. The summed E-state index contributed by atoms with van der Waals surface area (Å²) in [6.45, 7) is 1.73. The van der Waals surface area contributed by atoms with Gasteiger partial charge in [0, 0.05) is 26.6 Å². The van der Waals surface area contributed by atoms with E-state index in [4.69, 9.17) is 9.47 Å². The predicted molar refractivity (Wildman–Crippen MR) is 84.0 cm³/mol. The van der Waals surface area contributed by atoms with Gasteiger partial charge < -0.3 is 19.4 Å². The number of carbonyl (C=O) groups excluding carboxylic acids is 2. The molecule has 132 valence electrons. The molecule has 1 atom stereocenters. The molecule has 1 aliphatic carbocycles. The van der Waals surface area contributed by atoms with Gasteiger partial charge in [-0.3, -0.25) is 9.59 Å². The summed E-state index contributed by atoms with van der Waals surface area (Å²) >= 11 is 0. The lowest BCUT2D eigenvalue weighted by atomic mass is 9.85. The monoisotopic (exact) mass is 336 g/mol. The van der Waals surface area contributed by atoms with E-state index in [1.807, 2.05) is 4.57 Å². The Morgan fingerprint density at radius 3 is 3.04 bits per heavy atom. The van der Waals surface area contributed by atoms with Gasteiger partial charge in [0.2, 0.25) is 5.91 Å². The van der Waals surface area contributed by atoms with Gasteiger partial charge in [-0.05, 0) is 25.7 Å². The van der Waals surface area contributed by atoms with Crippen LogP contribution in [0.4, 0.5) is 0 Å². The van der Waals surface area contributed by atoms with Gasteiger partial charge in [0.05, 0.1) is 18.9 Å². The van der Waals surface area contributed by atoms with Crippen molar-refractivity contribution in [3.63, 3.8) is 0 Å². The summed E-state index contributed by atoms with van der Waals surface area (Å²) in [6, 6.07) is 0.